The Balaban J connectivity index is 1.09. The predicted molar refractivity (Wildman–Crippen MR) is 204 cm³/mol. The molecule has 0 saturated heterocycles. The molecule has 7 aromatic rings. The van der Waals surface area contributed by atoms with Gasteiger partial charge in [-0.15, -0.1) is 0 Å². The van der Waals surface area contributed by atoms with Crippen LogP contribution in [0.25, 0.3) is 0 Å². The molecular weight excluding hydrogens is 686 g/mol. The predicted octanol–water partition coefficient (Wildman–Crippen LogP) is 13.8. The highest BCUT2D eigenvalue weighted by Crippen LogP contribution is 2.43. The van der Waals surface area contributed by atoms with Gasteiger partial charge in [-0.2, -0.15) is 0 Å². The zero-order valence-electron chi connectivity index (χ0n) is 29.6. The summed E-state index contributed by atoms with van der Waals surface area (Å²) in [7, 11) is 0. The maximum atomic E-state index is 14.8. The van der Waals surface area contributed by atoms with Crippen molar-refractivity contribution in [1.82, 2.24) is 0 Å². The van der Waals surface area contributed by atoms with E-state index in [1.165, 1.54) is 12.1 Å². The number of hydrogen-bond acceptors (Lipinski definition) is 6. The Hall–Kier alpha value is -6.80. The summed E-state index contributed by atoms with van der Waals surface area (Å²) in [4.78, 5) is 0. The molecule has 0 aromatic heterocycles. The second-order valence-electron chi connectivity index (χ2n) is 12.0. The largest absolute Gasteiger partial charge is 0.453 e. The second-order valence-corrected chi connectivity index (χ2v) is 12.0. The quantitative estimate of drug-likeness (QED) is 0.111. The molecule has 0 aliphatic carbocycles. The SMILES string of the molecule is CCc1cccc(F)c1Oc1ccccc1Oc1ccccc1Oc1cccc(Oc2ccccc2Oc2ccccc2Oc2c(F)cccc2CC)c1. The second kappa shape index (κ2) is 16.7. The van der Waals surface area contributed by atoms with E-state index in [0.717, 1.165) is 11.1 Å². The van der Waals surface area contributed by atoms with Crippen LogP contribution in [0.5, 0.6) is 69.0 Å². The number of ether oxygens (including phenoxy) is 6. The van der Waals surface area contributed by atoms with Gasteiger partial charge >= 0.3 is 0 Å². The van der Waals surface area contributed by atoms with Gasteiger partial charge in [-0.05, 0) is 96.8 Å². The smallest absolute Gasteiger partial charge is 0.170 e. The molecule has 0 fully saturated rings. The first-order valence-electron chi connectivity index (χ1n) is 17.6. The van der Waals surface area contributed by atoms with Crippen LogP contribution in [0, 0.1) is 11.6 Å². The highest BCUT2D eigenvalue weighted by atomic mass is 19.1. The number of hydrogen-bond donors (Lipinski definition) is 0. The molecule has 7 rings (SSSR count). The van der Waals surface area contributed by atoms with E-state index in [4.69, 9.17) is 28.4 Å². The zero-order chi connectivity index (χ0) is 37.3. The van der Waals surface area contributed by atoms with E-state index in [1.807, 2.05) is 68.4 Å². The minimum atomic E-state index is -0.451. The number of aryl methyl sites for hydroxylation is 2. The molecule has 0 N–H and O–H groups in total. The standard InChI is InChI=1S/C46H36F2O6/c1-3-31-16-13-20-35(47)45(31)53-43-28-11-9-26-41(43)51-39-24-7-5-22-37(39)49-33-18-15-19-34(30-33)50-38-23-6-8-25-40(38)52-42-27-10-12-29-44(42)54-46-32(4-2)17-14-21-36(46)48/h5-30H,3-4H2,1-2H3. The molecule has 0 unspecified atom stereocenters. The molecule has 6 nitrogen and oxygen atoms in total. The van der Waals surface area contributed by atoms with Crippen molar-refractivity contribution in [2.75, 3.05) is 0 Å². The van der Waals surface area contributed by atoms with Crippen LogP contribution in [0.1, 0.15) is 25.0 Å². The highest BCUT2D eigenvalue weighted by Gasteiger charge is 2.18. The third kappa shape index (κ3) is 8.29. The van der Waals surface area contributed by atoms with E-state index < -0.39 is 11.6 Å². The Labute approximate surface area is 312 Å². The summed E-state index contributed by atoms with van der Waals surface area (Å²) in [5.41, 5.74) is 1.49. The van der Waals surface area contributed by atoms with Crippen molar-refractivity contribution >= 4 is 0 Å². The van der Waals surface area contributed by atoms with E-state index in [0.29, 0.717) is 70.3 Å². The highest BCUT2D eigenvalue weighted by molar-refractivity contribution is 5.53. The van der Waals surface area contributed by atoms with Gasteiger partial charge < -0.3 is 28.4 Å². The van der Waals surface area contributed by atoms with E-state index in [9.17, 15) is 8.78 Å². The van der Waals surface area contributed by atoms with Gasteiger partial charge in [-0.25, -0.2) is 8.78 Å². The lowest BCUT2D eigenvalue weighted by molar-refractivity contribution is 0.380. The molecular formula is C46H36F2O6. The Kier molecular flexibility index (Phi) is 11.0. The minimum absolute atomic E-state index is 0.162. The summed E-state index contributed by atoms with van der Waals surface area (Å²) in [5.74, 6) is 3.60. The summed E-state index contributed by atoms with van der Waals surface area (Å²) in [5, 5.41) is 0. The normalized spacial score (nSPS) is 10.7. The molecule has 0 saturated carbocycles. The lowest BCUT2D eigenvalue weighted by Gasteiger charge is -2.17. The number of rotatable bonds is 14. The average molecular weight is 723 g/mol. The molecule has 0 aliphatic rings. The maximum Gasteiger partial charge on any atom is 0.170 e. The van der Waals surface area contributed by atoms with Crippen molar-refractivity contribution in [2.45, 2.75) is 26.7 Å². The van der Waals surface area contributed by atoms with Gasteiger partial charge in [0.25, 0.3) is 0 Å². The molecule has 0 radical (unpaired) electrons. The number of para-hydroxylation sites is 10. The molecule has 0 atom stereocenters. The van der Waals surface area contributed by atoms with Gasteiger partial charge in [-0.1, -0.05) is 92.7 Å². The van der Waals surface area contributed by atoms with Gasteiger partial charge in [0.2, 0.25) is 0 Å². The Bertz CT molecular complexity index is 2210. The first-order chi connectivity index (χ1) is 26.5. The van der Waals surface area contributed by atoms with Crippen molar-refractivity contribution in [1.29, 1.82) is 0 Å². The molecule has 0 aliphatic heterocycles. The summed E-state index contributed by atoms with van der Waals surface area (Å²) in [6.45, 7) is 3.89. The van der Waals surface area contributed by atoms with E-state index in [1.54, 1.807) is 91.0 Å². The fraction of sp³-hybridized carbons (Fsp3) is 0.0870. The third-order valence-corrected chi connectivity index (χ3v) is 8.38. The lowest BCUT2D eigenvalue weighted by Crippen LogP contribution is -1.97. The molecule has 0 bridgehead atoms. The van der Waals surface area contributed by atoms with Crippen LogP contribution >= 0.6 is 0 Å². The molecule has 0 amide bonds. The third-order valence-electron chi connectivity index (χ3n) is 8.38. The van der Waals surface area contributed by atoms with E-state index >= 15 is 0 Å². The lowest BCUT2D eigenvalue weighted by atomic mass is 10.1. The van der Waals surface area contributed by atoms with Crippen LogP contribution in [-0.4, -0.2) is 0 Å². The first-order valence-corrected chi connectivity index (χ1v) is 17.6. The molecule has 0 heterocycles. The van der Waals surface area contributed by atoms with Crippen LogP contribution in [0.3, 0.4) is 0 Å². The van der Waals surface area contributed by atoms with Crippen molar-refractivity contribution in [3.05, 3.63) is 180 Å². The maximum absolute atomic E-state index is 14.8. The Morgan fingerprint density at radius 1 is 0.333 bits per heavy atom. The Morgan fingerprint density at radius 2 is 0.630 bits per heavy atom. The number of halogens is 2. The molecule has 7 aromatic carbocycles. The zero-order valence-corrected chi connectivity index (χ0v) is 29.6. The molecule has 54 heavy (non-hydrogen) atoms. The van der Waals surface area contributed by atoms with Crippen LogP contribution in [0.4, 0.5) is 8.78 Å². The van der Waals surface area contributed by atoms with Gasteiger partial charge in [0.1, 0.15) is 11.5 Å². The van der Waals surface area contributed by atoms with E-state index in [-0.39, 0.29) is 11.5 Å². The van der Waals surface area contributed by atoms with Gasteiger partial charge in [0.05, 0.1) is 0 Å². The monoisotopic (exact) mass is 722 g/mol. The first kappa shape index (κ1) is 35.6. The summed E-state index contributed by atoms with van der Waals surface area (Å²) < 4.78 is 67.0. The van der Waals surface area contributed by atoms with Crippen molar-refractivity contribution in [3.8, 4) is 69.0 Å². The van der Waals surface area contributed by atoms with Crippen LogP contribution in [-0.2, 0) is 12.8 Å². The average Bonchev–Trinajstić information content (AvgIpc) is 3.19. The van der Waals surface area contributed by atoms with Gasteiger partial charge in [0.15, 0.2) is 69.1 Å². The van der Waals surface area contributed by atoms with Crippen LogP contribution in [0.2, 0.25) is 0 Å². The van der Waals surface area contributed by atoms with Crippen LogP contribution < -0.4 is 28.4 Å². The summed E-state index contributed by atoms with van der Waals surface area (Å²) in [6, 6.07) is 45.5. The van der Waals surface area contributed by atoms with Crippen molar-refractivity contribution < 1.29 is 37.2 Å². The van der Waals surface area contributed by atoms with E-state index in [2.05, 4.69) is 0 Å². The van der Waals surface area contributed by atoms with Gasteiger partial charge in [0, 0.05) is 6.07 Å². The fourth-order valence-electron chi connectivity index (χ4n) is 5.68. The molecule has 270 valence electrons. The van der Waals surface area contributed by atoms with Crippen LogP contribution in [0.15, 0.2) is 158 Å². The summed E-state index contributed by atoms with van der Waals surface area (Å²) >= 11 is 0. The molecule has 0 spiro atoms. The minimum Gasteiger partial charge on any atom is -0.453 e. The topological polar surface area (TPSA) is 55.4 Å². The van der Waals surface area contributed by atoms with Gasteiger partial charge in [-0.3, -0.25) is 0 Å². The number of benzene rings is 7. The van der Waals surface area contributed by atoms with Crippen molar-refractivity contribution in [2.24, 2.45) is 0 Å². The fourth-order valence-corrected chi connectivity index (χ4v) is 5.68. The van der Waals surface area contributed by atoms with Crippen molar-refractivity contribution in [3.63, 3.8) is 0 Å². The Morgan fingerprint density at radius 3 is 0.963 bits per heavy atom. The molecule has 8 heteroatoms. The summed E-state index contributed by atoms with van der Waals surface area (Å²) in [6.07, 6.45) is 1.21.